The summed E-state index contributed by atoms with van der Waals surface area (Å²) in [5.74, 6) is 0.0177. The van der Waals surface area contributed by atoms with Crippen LogP contribution in [0, 0.1) is 0 Å². The third-order valence-electron chi connectivity index (χ3n) is 5.52. The first kappa shape index (κ1) is 15.1. The van der Waals surface area contributed by atoms with Crippen molar-refractivity contribution >= 4 is 38.5 Å². The number of likely N-dealkylation sites (tertiary alicyclic amines) is 1. The standard InChI is InChI=1S/C17H18N4O3S/c18-16-19-11-8-10(2-3-12(11)25-16)15(23)20-6-4-17-13(20)9-14(22)21(17)5-1-7-24-17/h2-3,8,13H,1,4-7,9H2,(H2,18,19)/t13-,17+/m1/s1. The van der Waals surface area contributed by atoms with Crippen molar-refractivity contribution in [2.75, 3.05) is 25.4 Å². The van der Waals surface area contributed by atoms with Crippen LogP contribution in [-0.4, -0.2) is 58.1 Å². The highest BCUT2D eigenvalue weighted by Gasteiger charge is 2.61. The topological polar surface area (TPSA) is 88.8 Å². The average Bonchev–Trinajstić information content (AvgIpc) is 3.22. The number of nitrogen functional groups attached to an aromatic ring is 1. The van der Waals surface area contributed by atoms with Gasteiger partial charge in [-0.1, -0.05) is 11.3 Å². The van der Waals surface area contributed by atoms with Crippen LogP contribution in [0.3, 0.4) is 0 Å². The number of nitrogens with zero attached hydrogens (tertiary/aromatic N) is 3. The molecule has 4 heterocycles. The Hall–Kier alpha value is -2.19. The van der Waals surface area contributed by atoms with Gasteiger partial charge in [-0.2, -0.15) is 0 Å². The van der Waals surface area contributed by atoms with Crippen molar-refractivity contribution in [3.8, 4) is 0 Å². The second kappa shape index (κ2) is 5.15. The Bertz CT molecular complexity index is 897. The highest BCUT2D eigenvalue weighted by molar-refractivity contribution is 7.22. The van der Waals surface area contributed by atoms with E-state index in [0.29, 0.717) is 36.7 Å². The molecule has 1 aromatic heterocycles. The number of nitrogens with two attached hydrogens (primary N) is 1. The van der Waals surface area contributed by atoms with Crippen molar-refractivity contribution < 1.29 is 14.3 Å². The molecule has 3 aliphatic heterocycles. The number of amides is 2. The van der Waals surface area contributed by atoms with Gasteiger partial charge in [-0.3, -0.25) is 9.59 Å². The van der Waals surface area contributed by atoms with Crippen LogP contribution in [0.5, 0.6) is 0 Å². The van der Waals surface area contributed by atoms with E-state index < -0.39 is 5.72 Å². The van der Waals surface area contributed by atoms with Crippen LogP contribution in [0.15, 0.2) is 18.2 Å². The molecule has 8 heteroatoms. The first-order chi connectivity index (χ1) is 12.1. The molecule has 7 nitrogen and oxygen atoms in total. The summed E-state index contributed by atoms with van der Waals surface area (Å²) in [4.78, 5) is 33.4. The highest BCUT2D eigenvalue weighted by Crippen LogP contribution is 2.45. The summed E-state index contributed by atoms with van der Waals surface area (Å²) in [6.45, 7) is 1.97. The Morgan fingerprint density at radius 1 is 1.40 bits per heavy atom. The lowest BCUT2D eigenvalue weighted by Gasteiger charge is -2.42. The van der Waals surface area contributed by atoms with Gasteiger partial charge in [0.25, 0.3) is 5.91 Å². The fraction of sp³-hybridized carbons (Fsp3) is 0.471. The number of thiazole rings is 1. The van der Waals surface area contributed by atoms with E-state index >= 15 is 0 Å². The minimum atomic E-state index is -0.611. The molecule has 130 valence electrons. The van der Waals surface area contributed by atoms with Gasteiger partial charge in [0, 0.05) is 25.1 Å². The number of rotatable bonds is 1. The third-order valence-corrected chi connectivity index (χ3v) is 6.39. The molecule has 0 bridgehead atoms. The van der Waals surface area contributed by atoms with Gasteiger partial charge < -0.3 is 20.3 Å². The molecule has 0 aliphatic carbocycles. The molecule has 0 radical (unpaired) electrons. The number of benzene rings is 1. The van der Waals surface area contributed by atoms with Gasteiger partial charge in [0.05, 0.1) is 29.3 Å². The Morgan fingerprint density at radius 2 is 2.28 bits per heavy atom. The number of hydrogen-bond donors (Lipinski definition) is 1. The molecule has 2 aromatic rings. The van der Waals surface area contributed by atoms with Crippen molar-refractivity contribution in [1.82, 2.24) is 14.8 Å². The maximum atomic E-state index is 13.1. The van der Waals surface area contributed by atoms with Crippen LogP contribution in [0.25, 0.3) is 10.2 Å². The maximum absolute atomic E-state index is 13.1. The van der Waals surface area contributed by atoms with E-state index in [0.717, 1.165) is 23.2 Å². The number of ether oxygens (including phenoxy) is 1. The van der Waals surface area contributed by atoms with E-state index in [1.807, 2.05) is 17.0 Å². The number of hydrogen-bond acceptors (Lipinski definition) is 6. The molecule has 3 saturated heterocycles. The fourth-order valence-corrected chi connectivity index (χ4v) is 5.15. The smallest absolute Gasteiger partial charge is 0.254 e. The van der Waals surface area contributed by atoms with Crippen molar-refractivity contribution in [3.05, 3.63) is 23.8 Å². The maximum Gasteiger partial charge on any atom is 0.254 e. The Kier molecular flexibility index (Phi) is 3.11. The lowest BCUT2D eigenvalue weighted by atomic mass is 10.0. The molecule has 2 N–H and O–H groups in total. The summed E-state index contributed by atoms with van der Waals surface area (Å²) < 4.78 is 7.02. The fourth-order valence-electron chi connectivity index (χ4n) is 4.44. The zero-order chi connectivity index (χ0) is 17.2. The third kappa shape index (κ3) is 2.04. The zero-order valence-electron chi connectivity index (χ0n) is 13.6. The summed E-state index contributed by atoms with van der Waals surface area (Å²) >= 11 is 1.40. The first-order valence-electron chi connectivity index (χ1n) is 8.50. The molecular formula is C17H18N4O3S. The summed E-state index contributed by atoms with van der Waals surface area (Å²) in [6, 6.07) is 5.27. The predicted octanol–water partition coefficient (Wildman–Crippen LogP) is 1.44. The second-order valence-electron chi connectivity index (χ2n) is 6.80. The average molecular weight is 358 g/mol. The summed E-state index contributed by atoms with van der Waals surface area (Å²) in [5.41, 5.74) is 6.45. The zero-order valence-corrected chi connectivity index (χ0v) is 14.4. The van der Waals surface area contributed by atoms with Crippen LogP contribution in [0.4, 0.5) is 5.13 Å². The van der Waals surface area contributed by atoms with Crippen LogP contribution < -0.4 is 5.73 Å². The van der Waals surface area contributed by atoms with E-state index in [9.17, 15) is 9.59 Å². The summed E-state index contributed by atoms with van der Waals surface area (Å²) in [5, 5.41) is 0.493. The van der Waals surface area contributed by atoms with E-state index in [-0.39, 0.29) is 17.9 Å². The van der Waals surface area contributed by atoms with Crippen LogP contribution in [0.2, 0.25) is 0 Å². The minimum absolute atomic E-state index is 0.0702. The van der Waals surface area contributed by atoms with Gasteiger partial charge >= 0.3 is 0 Å². The Balaban J connectivity index is 1.48. The molecule has 3 aliphatic rings. The quantitative estimate of drug-likeness (QED) is 0.833. The minimum Gasteiger partial charge on any atom is -0.375 e. The molecule has 25 heavy (non-hydrogen) atoms. The SMILES string of the molecule is Nc1nc2cc(C(=O)N3CC[C@@]45OCCCN4C(=O)C[C@@H]35)ccc2s1. The molecular weight excluding hydrogens is 340 g/mol. The van der Waals surface area contributed by atoms with Gasteiger partial charge in [-0.15, -0.1) is 0 Å². The van der Waals surface area contributed by atoms with E-state index in [4.69, 9.17) is 10.5 Å². The van der Waals surface area contributed by atoms with E-state index in [2.05, 4.69) is 4.98 Å². The molecule has 2 atom stereocenters. The number of aromatic nitrogens is 1. The predicted molar refractivity (Wildman–Crippen MR) is 93.1 cm³/mol. The first-order valence-corrected chi connectivity index (χ1v) is 9.32. The Morgan fingerprint density at radius 3 is 3.16 bits per heavy atom. The lowest BCUT2D eigenvalue weighted by molar-refractivity contribution is -0.179. The molecule has 0 unspecified atom stereocenters. The van der Waals surface area contributed by atoms with Crippen LogP contribution >= 0.6 is 11.3 Å². The van der Waals surface area contributed by atoms with Gasteiger partial charge in [0.15, 0.2) is 10.9 Å². The van der Waals surface area contributed by atoms with Crippen molar-refractivity contribution in [3.63, 3.8) is 0 Å². The number of carbonyl (C=O) groups excluding carboxylic acids is 2. The van der Waals surface area contributed by atoms with E-state index in [1.54, 1.807) is 11.0 Å². The number of carbonyl (C=O) groups is 2. The molecule has 1 aromatic carbocycles. The van der Waals surface area contributed by atoms with Crippen molar-refractivity contribution in [2.24, 2.45) is 0 Å². The molecule has 2 amide bonds. The van der Waals surface area contributed by atoms with Crippen LogP contribution in [-0.2, 0) is 9.53 Å². The van der Waals surface area contributed by atoms with E-state index in [1.165, 1.54) is 11.3 Å². The number of fused-ring (bicyclic) bond motifs is 1. The molecule has 5 rings (SSSR count). The van der Waals surface area contributed by atoms with Gasteiger partial charge in [0.1, 0.15) is 0 Å². The van der Waals surface area contributed by atoms with Gasteiger partial charge in [-0.05, 0) is 24.6 Å². The number of anilines is 1. The monoisotopic (exact) mass is 358 g/mol. The largest absolute Gasteiger partial charge is 0.375 e. The summed E-state index contributed by atoms with van der Waals surface area (Å²) in [7, 11) is 0. The van der Waals surface area contributed by atoms with Gasteiger partial charge in [-0.25, -0.2) is 4.98 Å². The lowest BCUT2D eigenvalue weighted by Crippen LogP contribution is -2.56. The van der Waals surface area contributed by atoms with Crippen molar-refractivity contribution in [2.45, 2.75) is 31.0 Å². The summed E-state index contributed by atoms with van der Waals surface area (Å²) in [6.07, 6.45) is 1.88. The highest BCUT2D eigenvalue weighted by atomic mass is 32.1. The normalized spacial score (nSPS) is 28.5. The van der Waals surface area contributed by atoms with Crippen molar-refractivity contribution in [1.29, 1.82) is 0 Å². The molecule has 0 saturated carbocycles. The second-order valence-corrected chi connectivity index (χ2v) is 7.86. The van der Waals surface area contributed by atoms with Crippen LogP contribution in [0.1, 0.15) is 29.6 Å². The van der Waals surface area contributed by atoms with Gasteiger partial charge in [0.2, 0.25) is 5.91 Å². The molecule has 1 spiro atoms. The molecule has 3 fully saturated rings. The Labute approximate surface area is 148 Å².